The second-order valence-corrected chi connectivity index (χ2v) is 14.7. The molecule has 0 unspecified atom stereocenters. The van der Waals surface area contributed by atoms with Crippen molar-refractivity contribution in [3.05, 3.63) is 96.1 Å². The summed E-state index contributed by atoms with van der Waals surface area (Å²) in [5, 5.41) is 20.4. The number of aryl methyl sites for hydroxylation is 2. The van der Waals surface area contributed by atoms with Crippen LogP contribution in [0.5, 0.6) is 34.5 Å². The third kappa shape index (κ3) is 16.2. The zero-order valence-corrected chi connectivity index (χ0v) is 33.1. The number of phenols is 1. The molecular weight excluding hydrogens is 721 g/mol. The zero-order chi connectivity index (χ0) is 36.6. The zero-order valence-electron chi connectivity index (χ0n) is 29.3. The van der Waals surface area contributed by atoms with E-state index in [2.05, 4.69) is 13.8 Å². The molecule has 0 saturated heterocycles. The van der Waals surface area contributed by atoms with E-state index in [4.69, 9.17) is 9.47 Å². The predicted molar refractivity (Wildman–Crippen MR) is 195 cm³/mol. The molecule has 272 valence electrons. The van der Waals surface area contributed by atoms with Gasteiger partial charge in [-0.15, -0.1) is 5.75 Å². The Morgan fingerprint density at radius 3 is 1.39 bits per heavy atom. The maximum Gasteiger partial charge on any atom is 2.00 e. The van der Waals surface area contributed by atoms with Crippen molar-refractivity contribution in [2.75, 3.05) is 0 Å². The van der Waals surface area contributed by atoms with Crippen LogP contribution in [-0.4, -0.2) is 68.8 Å². The van der Waals surface area contributed by atoms with Crippen LogP contribution in [0.1, 0.15) is 89.2 Å². The van der Waals surface area contributed by atoms with Gasteiger partial charge in [-0.2, -0.15) is 8.42 Å². The monoisotopic (exact) mass is 766 g/mol. The van der Waals surface area contributed by atoms with E-state index in [0.717, 1.165) is 57.8 Å². The Bertz CT molecular complexity index is 1710. The molecule has 10 nitrogen and oxygen atoms in total. The van der Waals surface area contributed by atoms with E-state index in [9.17, 15) is 36.2 Å². The van der Waals surface area contributed by atoms with Gasteiger partial charge >= 0.3 is 37.7 Å². The van der Waals surface area contributed by atoms with Gasteiger partial charge in [-0.05, 0) is 91.4 Å². The minimum atomic E-state index is -4.58. The standard InChI is InChI=1S/2C19H24O5S.Ca/c2*1-2-3-4-5-6-7-15-8-11-18(14-19(15)25(21,22)23)24-17-12-9-16(20)10-13-17;/h2*8-14,20H,2-7H2,1H3,(H,21,22,23);/q;;+2/p-2. The second kappa shape index (κ2) is 22.3. The Hall–Kier alpha value is -2.84. The van der Waals surface area contributed by atoms with E-state index < -0.39 is 20.2 Å². The first-order valence-electron chi connectivity index (χ1n) is 16.9. The van der Waals surface area contributed by atoms with E-state index in [-0.39, 0.29) is 64.8 Å². The Labute approximate surface area is 332 Å². The van der Waals surface area contributed by atoms with Gasteiger partial charge in [0.25, 0.3) is 10.1 Å². The molecule has 4 aromatic rings. The van der Waals surface area contributed by atoms with Gasteiger partial charge in [-0.3, -0.25) is 4.55 Å². The number of unbranched alkanes of at least 4 members (excludes halogenated alkanes) is 8. The third-order valence-electron chi connectivity index (χ3n) is 7.86. The van der Waals surface area contributed by atoms with Crippen molar-refractivity contribution in [2.45, 2.75) is 101 Å². The summed E-state index contributed by atoms with van der Waals surface area (Å²) in [5.74, 6) is 1.40. The summed E-state index contributed by atoms with van der Waals surface area (Å²) in [6.07, 6.45) is 11.7. The Kier molecular flexibility index (Phi) is 19.4. The molecule has 2 N–H and O–H groups in total. The molecule has 0 aliphatic heterocycles. The molecule has 4 aromatic carbocycles. The van der Waals surface area contributed by atoms with Gasteiger partial charge < -0.3 is 24.2 Å². The van der Waals surface area contributed by atoms with Crippen molar-refractivity contribution in [2.24, 2.45) is 0 Å². The molecule has 0 bridgehead atoms. The van der Waals surface area contributed by atoms with Crippen molar-refractivity contribution in [3.8, 4) is 34.5 Å². The predicted octanol–water partition coefficient (Wildman–Crippen LogP) is 8.53. The molecule has 0 amide bonds. The van der Waals surface area contributed by atoms with Gasteiger partial charge in [0.05, 0.1) is 4.90 Å². The molecule has 51 heavy (non-hydrogen) atoms. The molecular formula is C38H46CaO10S2. The Morgan fingerprint density at radius 1 is 0.569 bits per heavy atom. The van der Waals surface area contributed by atoms with Crippen molar-refractivity contribution >= 4 is 58.0 Å². The second-order valence-electron chi connectivity index (χ2n) is 12.0. The number of phenolic OH excluding ortho intramolecular Hbond substituents is 1. The molecule has 4 rings (SSSR count). The Morgan fingerprint density at radius 2 is 0.961 bits per heavy atom. The van der Waals surface area contributed by atoms with Crippen molar-refractivity contribution in [3.63, 3.8) is 0 Å². The molecule has 0 radical (unpaired) electrons. The first-order chi connectivity index (χ1) is 23.8. The molecule has 0 atom stereocenters. The van der Waals surface area contributed by atoms with Gasteiger partial charge in [0.15, 0.2) is 0 Å². The molecule has 0 aromatic heterocycles. The minimum absolute atomic E-state index is 0. The fraction of sp³-hybridized carbons (Fsp3) is 0.368. The molecule has 0 spiro atoms. The summed E-state index contributed by atoms with van der Waals surface area (Å²) in [6.45, 7) is 4.27. The van der Waals surface area contributed by atoms with Gasteiger partial charge in [-0.1, -0.05) is 89.5 Å². The molecule has 0 aliphatic rings. The van der Waals surface area contributed by atoms with Crippen LogP contribution in [0.15, 0.2) is 94.7 Å². The van der Waals surface area contributed by atoms with Crippen LogP contribution < -0.4 is 14.6 Å². The maximum atomic E-state index is 11.7. The van der Waals surface area contributed by atoms with Crippen LogP contribution >= 0.6 is 0 Å². The summed E-state index contributed by atoms with van der Waals surface area (Å²) in [5.41, 5.74) is 1.12. The van der Waals surface area contributed by atoms with E-state index >= 15 is 0 Å². The SMILES string of the molecule is CCCCCCCc1ccc(Oc2ccc(O)cc2)cc1S(=O)(=O)O.CCCCCCCc1ccc(Oc2ccc([O-])cc2)cc1S(=O)(=O)[O-].[Ca+2]. The van der Waals surface area contributed by atoms with Gasteiger partial charge in [0.2, 0.25) is 0 Å². The summed E-state index contributed by atoms with van der Waals surface area (Å²) in [7, 11) is -8.90. The largest absolute Gasteiger partial charge is 2.00 e. The number of aromatic hydroxyl groups is 1. The first-order valence-corrected chi connectivity index (χ1v) is 19.8. The van der Waals surface area contributed by atoms with Crippen LogP contribution in [0.3, 0.4) is 0 Å². The van der Waals surface area contributed by atoms with Gasteiger partial charge in [-0.25, -0.2) is 8.42 Å². The molecule has 0 aliphatic carbocycles. The first kappa shape index (κ1) is 44.3. The molecule has 0 saturated carbocycles. The van der Waals surface area contributed by atoms with Crippen LogP contribution in [0, 0.1) is 0 Å². The fourth-order valence-electron chi connectivity index (χ4n) is 5.21. The normalized spacial score (nSPS) is 11.2. The van der Waals surface area contributed by atoms with E-state index in [0.29, 0.717) is 41.2 Å². The maximum absolute atomic E-state index is 11.7. The van der Waals surface area contributed by atoms with Crippen LogP contribution in [-0.2, 0) is 33.1 Å². The number of rotatable bonds is 18. The number of hydrogen-bond acceptors (Lipinski definition) is 9. The topological polar surface area (TPSA) is 173 Å². The van der Waals surface area contributed by atoms with Crippen LogP contribution in [0.25, 0.3) is 0 Å². The van der Waals surface area contributed by atoms with Crippen molar-refractivity contribution in [1.82, 2.24) is 0 Å². The van der Waals surface area contributed by atoms with Crippen molar-refractivity contribution in [1.29, 1.82) is 0 Å². The van der Waals surface area contributed by atoms with Crippen LogP contribution in [0.4, 0.5) is 0 Å². The molecule has 13 heteroatoms. The third-order valence-corrected chi connectivity index (χ3v) is 9.71. The van der Waals surface area contributed by atoms with Gasteiger partial charge in [0, 0.05) is 6.07 Å². The van der Waals surface area contributed by atoms with Crippen molar-refractivity contribution < 1.29 is 45.6 Å². The number of ether oxygens (including phenoxy) is 2. The number of hydrogen-bond donors (Lipinski definition) is 2. The summed E-state index contributed by atoms with van der Waals surface area (Å²) < 4.78 is 78.8. The summed E-state index contributed by atoms with van der Waals surface area (Å²) in [6, 6.07) is 21.0. The fourth-order valence-corrected chi connectivity index (χ4v) is 6.73. The smallest absolute Gasteiger partial charge is 0.872 e. The summed E-state index contributed by atoms with van der Waals surface area (Å²) in [4.78, 5) is -0.347. The van der Waals surface area contributed by atoms with Crippen LogP contribution in [0.2, 0.25) is 0 Å². The minimum Gasteiger partial charge on any atom is -0.872 e. The van der Waals surface area contributed by atoms with E-state index in [1.54, 1.807) is 36.4 Å². The number of benzene rings is 4. The van der Waals surface area contributed by atoms with Gasteiger partial charge in [0.1, 0.15) is 43.8 Å². The quantitative estimate of drug-likeness (QED) is 0.0568. The average molecular weight is 767 g/mol. The van der Waals surface area contributed by atoms with E-state index in [1.165, 1.54) is 55.0 Å². The van der Waals surface area contributed by atoms with E-state index in [1.807, 2.05) is 0 Å². The molecule has 0 heterocycles. The average Bonchev–Trinajstić information content (AvgIpc) is 3.07. The summed E-state index contributed by atoms with van der Waals surface area (Å²) >= 11 is 0. The molecule has 0 fully saturated rings. The Balaban J connectivity index is 0.000000347.